The fourth-order valence-electron chi connectivity index (χ4n) is 2.07. The molecule has 120 valence electrons. The van der Waals surface area contributed by atoms with Crippen molar-refractivity contribution < 1.29 is 14.3 Å². The summed E-state index contributed by atoms with van der Waals surface area (Å²) in [4.78, 5) is 23.4. The number of rotatable bonds is 7. The summed E-state index contributed by atoms with van der Waals surface area (Å²) in [5.41, 5.74) is 3.07. The molecule has 4 heteroatoms. The van der Waals surface area contributed by atoms with Gasteiger partial charge in [0.15, 0.2) is 0 Å². The van der Waals surface area contributed by atoms with Crippen molar-refractivity contribution in [3.63, 3.8) is 0 Å². The number of carbonyl (C=O) groups is 2. The second-order valence-corrected chi connectivity index (χ2v) is 5.41. The number of hydrogen-bond donors (Lipinski definition) is 1. The van der Waals surface area contributed by atoms with Crippen LogP contribution in [0.3, 0.4) is 0 Å². The molecule has 0 saturated carbocycles. The van der Waals surface area contributed by atoms with Gasteiger partial charge >= 0.3 is 5.97 Å². The largest absolute Gasteiger partial charge is 0.461 e. The molecule has 1 amide bonds. The van der Waals surface area contributed by atoms with Gasteiger partial charge in [-0.2, -0.15) is 0 Å². The molecule has 0 spiro atoms. The van der Waals surface area contributed by atoms with E-state index in [1.807, 2.05) is 61.5 Å². The first-order chi connectivity index (χ1) is 11.1. The number of ether oxygens (including phenoxy) is 1. The second-order valence-electron chi connectivity index (χ2n) is 5.41. The van der Waals surface area contributed by atoms with Crippen molar-refractivity contribution in [2.45, 2.75) is 26.4 Å². The first-order valence-corrected chi connectivity index (χ1v) is 7.65. The smallest absolute Gasteiger partial charge is 0.307 e. The zero-order chi connectivity index (χ0) is 16.5. The van der Waals surface area contributed by atoms with Crippen LogP contribution in [0.4, 0.5) is 0 Å². The Bertz CT molecular complexity index is 635. The molecule has 0 aliphatic carbocycles. The van der Waals surface area contributed by atoms with Crippen molar-refractivity contribution in [1.29, 1.82) is 0 Å². The lowest BCUT2D eigenvalue weighted by atomic mass is 10.1. The number of esters is 1. The Balaban J connectivity index is 1.62. The molecular weight excluding hydrogens is 290 g/mol. The van der Waals surface area contributed by atoms with Gasteiger partial charge in [0, 0.05) is 6.54 Å². The summed E-state index contributed by atoms with van der Waals surface area (Å²) in [7, 11) is 0. The minimum absolute atomic E-state index is 0.0949. The van der Waals surface area contributed by atoms with Crippen molar-refractivity contribution >= 4 is 11.9 Å². The van der Waals surface area contributed by atoms with Crippen LogP contribution in [0.2, 0.25) is 0 Å². The Morgan fingerprint density at radius 1 is 0.957 bits per heavy atom. The summed E-state index contributed by atoms with van der Waals surface area (Å²) in [5, 5.41) is 2.73. The SMILES string of the molecule is Cc1ccc(COC(=O)CCNC(=O)Cc2ccccc2)cc1. The van der Waals surface area contributed by atoms with Gasteiger partial charge in [0.2, 0.25) is 5.91 Å². The van der Waals surface area contributed by atoms with Gasteiger partial charge in [-0.05, 0) is 18.1 Å². The minimum Gasteiger partial charge on any atom is -0.461 e. The van der Waals surface area contributed by atoms with Crippen LogP contribution in [0.1, 0.15) is 23.1 Å². The topological polar surface area (TPSA) is 55.4 Å². The van der Waals surface area contributed by atoms with Crippen molar-refractivity contribution in [1.82, 2.24) is 5.32 Å². The summed E-state index contributed by atoms with van der Waals surface area (Å²) >= 11 is 0. The summed E-state index contributed by atoms with van der Waals surface area (Å²) in [5.74, 6) is -0.409. The van der Waals surface area contributed by atoms with E-state index in [1.54, 1.807) is 0 Å². The van der Waals surface area contributed by atoms with Gasteiger partial charge in [-0.15, -0.1) is 0 Å². The monoisotopic (exact) mass is 311 g/mol. The first-order valence-electron chi connectivity index (χ1n) is 7.65. The maximum Gasteiger partial charge on any atom is 0.307 e. The molecule has 0 aromatic heterocycles. The number of nitrogens with one attached hydrogen (secondary N) is 1. The standard InChI is InChI=1S/C19H21NO3/c1-15-7-9-17(10-8-15)14-23-19(22)11-12-20-18(21)13-16-5-3-2-4-6-16/h2-10H,11-14H2,1H3,(H,20,21). The summed E-state index contributed by atoms with van der Waals surface area (Å²) in [6, 6.07) is 17.3. The summed E-state index contributed by atoms with van der Waals surface area (Å²) < 4.78 is 5.18. The van der Waals surface area contributed by atoms with Crippen LogP contribution in [-0.4, -0.2) is 18.4 Å². The number of amides is 1. The van der Waals surface area contributed by atoms with Crippen LogP contribution in [0, 0.1) is 6.92 Å². The van der Waals surface area contributed by atoms with Gasteiger partial charge in [0.05, 0.1) is 12.8 Å². The minimum atomic E-state index is -0.314. The maximum atomic E-state index is 11.7. The molecule has 2 aromatic rings. The van der Waals surface area contributed by atoms with Gasteiger partial charge in [-0.1, -0.05) is 60.2 Å². The zero-order valence-corrected chi connectivity index (χ0v) is 13.2. The van der Waals surface area contributed by atoms with Crippen molar-refractivity contribution in [2.24, 2.45) is 0 Å². The van der Waals surface area contributed by atoms with E-state index in [1.165, 1.54) is 5.56 Å². The Hall–Kier alpha value is -2.62. The predicted octanol–water partition coefficient (Wildman–Crippen LogP) is 2.79. The highest BCUT2D eigenvalue weighted by molar-refractivity contribution is 5.79. The molecule has 0 aliphatic heterocycles. The van der Waals surface area contributed by atoms with Gasteiger partial charge in [0.25, 0.3) is 0 Å². The normalized spacial score (nSPS) is 10.1. The third-order valence-electron chi connectivity index (χ3n) is 3.38. The molecule has 0 fully saturated rings. The third kappa shape index (κ3) is 6.34. The average molecular weight is 311 g/mol. The molecule has 0 radical (unpaired) electrons. The van der Waals surface area contributed by atoms with Gasteiger partial charge in [-0.3, -0.25) is 9.59 Å². The van der Waals surface area contributed by atoms with Crippen molar-refractivity contribution in [3.8, 4) is 0 Å². The molecule has 4 nitrogen and oxygen atoms in total. The van der Waals surface area contributed by atoms with Gasteiger partial charge in [-0.25, -0.2) is 0 Å². The molecule has 0 aliphatic rings. The lowest BCUT2D eigenvalue weighted by Gasteiger charge is -2.07. The van der Waals surface area contributed by atoms with E-state index >= 15 is 0 Å². The molecule has 23 heavy (non-hydrogen) atoms. The van der Waals surface area contributed by atoms with E-state index in [0.29, 0.717) is 13.0 Å². The number of carbonyl (C=O) groups excluding carboxylic acids is 2. The molecule has 0 bridgehead atoms. The maximum absolute atomic E-state index is 11.7. The summed E-state index contributed by atoms with van der Waals surface area (Å²) in [6.07, 6.45) is 0.492. The molecule has 1 N–H and O–H groups in total. The Kier molecular flexibility index (Phi) is 6.36. The lowest BCUT2D eigenvalue weighted by molar-refractivity contribution is -0.144. The zero-order valence-electron chi connectivity index (χ0n) is 13.2. The van der Waals surface area contributed by atoms with Crippen LogP contribution < -0.4 is 5.32 Å². The van der Waals surface area contributed by atoms with Crippen LogP contribution in [0.5, 0.6) is 0 Å². The Morgan fingerprint density at radius 2 is 1.65 bits per heavy atom. The molecule has 0 saturated heterocycles. The number of aryl methyl sites for hydroxylation is 1. The Labute approximate surface area is 136 Å². The van der Waals surface area contributed by atoms with E-state index < -0.39 is 0 Å². The van der Waals surface area contributed by atoms with Crippen LogP contribution in [0.15, 0.2) is 54.6 Å². The second kappa shape index (κ2) is 8.73. The highest BCUT2D eigenvalue weighted by Gasteiger charge is 2.06. The Morgan fingerprint density at radius 3 is 2.35 bits per heavy atom. The quantitative estimate of drug-likeness (QED) is 0.800. The fraction of sp³-hybridized carbons (Fsp3) is 0.263. The third-order valence-corrected chi connectivity index (χ3v) is 3.38. The first kappa shape index (κ1) is 16.7. The molecule has 2 aromatic carbocycles. The molecular formula is C19H21NO3. The highest BCUT2D eigenvalue weighted by Crippen LogP contribution is 2.05. The van der Waals surface area contributed by atoms with Gasteiger partial charge < -0.3 is 10.1 Å². The molecule has 0 unspecified atom stereocenters. The number of hydrogen-bond acceptors (Lipinski definition) is 3. The van der Waals surface area contributed by atoms with E-state index in [4.69, 9.17) is 4.74 Å². The van der Waals surface area contributed by atoms with E-state index in [9.17, 15) is 9.59 Å². The molecule has 0 heterocycles. The van der Waals surface area contributed by atoms with E-state index in [0.717, 1.165) is 11.1 Å². The van der Waals surface area contributed by atoms with Crippen molar-refractivity contribution in [2.75, 3.05) is 6.54 Å². The molecule has 2 rings (SSSR count). The summed E-state index contributed by atoms with van der Waals surface area (Å²) in [6.45, 7) is 2.56. The van der Waals surface area contributed by atoms with Crippen LogP contribution in [-0.2, 0) is 27.4 Å². The van der Waals surface area contributed by atoms with Crippen LogP contribution >= 0.6 is 0 Å². The highest BCUT2D eigenvalue weighted by atomic mass is 16.5. The number of benzene rings is 2. The lowest BCUT2D eigenvalue weighted by Crippen LogP contribution is -2.27. The van der Waals surface area contributed by atoms with E-state index in [-0.39, 0.29) is 24.9 Å². The average Bonchev–Trinajstić information content (AvgIpc) is 2.55. The molecule has 0 atom stereocenters. The fourth-order valence-corrected chi connectivity index (χ4v) is 2.07. The van der Waals surface area contributed by atoms with Crippen LogP contribution in [0.25, 0.3) is 0 Å². The van der Waals surface area contributed by atoms with Gasteiger partial charge in [0.1, 0.15) is 6.61 Å². The predicted molar refractivity (Wildman–Crippen MR) is 88.7 cm³/mol. The van der Waals surface area contributed by atoms with E-state index in [2.05, 4.69) is 5.32 Å². The van der Waals surface area contributed by atoms with Crippen molar-refractivity contribution in [3.05, 3.63) is 71.3 Å².